The molecule has 3 aromatic rings. The molecule has 10 heteroatoms. The highest BCUT2D eigenvalue weighted by molar-refractivity contribution is 6.41. The molecule has 1 fully saturated rings. The van der Waals surface area contributed by atoms with E-state index in [1.807, 2.05) is 0 Å². The largest absolute Gasteiger partial charge is 0.416 e. The number of Topliss-reactive ketones (excluding diaryl/α,β-unsaturated/α-hetero) is 1. The van der Waals surface area contributed by atoms with Gasteiger partial charge in [-0.15, -0.1) is 0 Å². The van der Waals surface area contributed by atoms with Crippen molar-refractivity contribution in [2.75, 3.05) is 5.32 Å². The maximum atomic E-state index is 13.5. The first-order chi connectivity index (χ1) is 15.0. The van der Waals surface area contributed by atoms with Crippen molar-refractivity contribution >= 4 is 34.2 Å². The number of pyridine rings is 1. The summed E-state index contributed by atoms with van der Waals surface area (Å²) in [6.07, 6.45) is -4.21. The monoisotopic (exact) mass is 442 g/mol. The first-order valence-corrected chi connectivity index (χ1v) is 9.63. The minimum Gasteiger partial charge on any atom is -0.390 e. The molecule has 32 heavy (non-hydrogen) atoms. The predicted octanol–water partition coefficient (Wildman–Crippen LogP) is 4.47. The number of hydrogen-bond donors (Lipinski definition) is 3. The van der Waals surface area contributed by atoms with Gasteiger partial charge in [0.2, 0.25) is 5.78 Å². The average Bonchev–Trinajstić information content (AvgIpc) is 3.13. The topological polar surface area (TPSA) is 99.4 Å². The van der Waals surface area contributed by atoms with Crippen molar-refractivity contribution in [2.45, 2.75) is 31.5 Å². The zero-order valence-corrected chi connectivity index (χ0v) is 16.7. The van der Waals surface area contributed by atoms with Crippen LogP contribution in [0.3, 0.4) is 0 Å². The highest BCUT2D eigenvalue weighted by Crippen LogP contribution is 2.40. The molecule has 1 aliphatic carbocycles. The molecule has 0 radical (unpaired) electrons. The molecule has 3 N–H and O–H groups in total. The summed E-state index contributed by atoms with van der Waals surface area (Å²) in [5, 5.41) is 12.6. The number of nitrogens with zero attached hydrogens (tertiary/aromatic N) is 2. The van der Waals surface area contributed by atoms with E-state index >= 15 is 0 Å². The molecule has 0 unspecified atom stereocenters. The number of rotatable bonds is 4. The third-order valence-corrected chi connectivity index (χ3v) is 5.42. The normalized spacial score (nSPS) is 20.4. The van der Waals surface area contributed by atoms with Crippen LogP contribution in [0.5, 0.6) is 0 Å². The number of aromatic amines is 1. The summed E-state index contributed by atoms with van der Waals surface area (Å²) in [4.78, 5) is 34.5. The summed E-state index contributed by atoms with van der Waals surface area (Å²) < 4.78 is 40.4. The standard InChI is InChI=1S/C22H17F3N4O3/c1-21(32)9-12(10-21)18(30)20(31)29-17-6-3-11-7-16(27-19(11)28-17)14-8-13(26-2)4-5-15(14)22(23,24)25/h3-8,12,32H,9-10H2,1H3,(H2,27,28,29,31). The van der Waals surface area contributed by atoms with Crippen LogP contribution in [0.15, 0.2) is 36.4 Å². The number of alkyl halides is 3. The number of nitrogens with one attached hydrogen (secondary N) is 2. The number of benzene rings is 1. The summed E-state index contributed by atoms with van der Waals surface area (Å²) in [5.41, 5.74) is -1.66. The summed E-state index contributed by atoms with van der Waals surface area (Å²) in [6.45, 7) is 8.66. The number of ketones is 1. The lowest BCUT2D eigenvalue weighted by molar-refractivity contribution is -0.146. The summed E-state index contributed by atoms with van der Waals surface area (Å²) in [5.74, 6) is -2.02. The van der Waals surface area contributed by atoms with Crippen molar-refractivity contribution in [3.8, 4) is 11.3 Å². The average molecular weight is 442 g/mol. The molecule has 1 aromatic carbocycles. The van der Waals surface area contributed by atoms with Crippen LogP contribution < -0.4 is 5.32 Å². The van der Waals surface area contributed by atoms with E-state index in [0.29, 0.717) is 5.39 Å². The minimum atomic E-state index is -4.62. The maximum absolute atomic E-state index is 13.5. The molecule has 7 nitrogen and oxygen atoms in total. The van der Waals surface area contributed by atoms with Gasteiger partial charge in [0.05, 0.1) is 17.7 Å². The highest BCUT2D eigenvalue weighted by Gasteiger charge is 2.44. The van der Waals surface area contributed by atoms with E-state index in [1.165, 1.54) is 12.1 Å². The summed E-state index contributed by atoms with van der Waals surface area (Å²) >= 11 is 0. The Labute approximate surface area is 180 Å². The number of carbonyl (C=O) groups excluding carboxylic acids is 2. The van der Waals surface area contributed by atoms with Crippen molar-refractivity contribution in [1.82, 2.24) is 9.97 Å². The van der Waals surface area contributed by atoms with Crippen LogP contribution >= 0.6 is 0 Å². The van der Waals surface area contributed by atoms with Crippen LogP contribution in [0.2, 0.25) is 0 Å². The number of anilines is 1. The van der Waals surface area contributed by atoms with Crippen molar-refractivity contribution in [2.24, 2.45) is 5.92 Å². The molecule has 0 spiro atoms. The molecule has 0 aliphatic heterocycles. The Hall–Kier alpha value is -3.71. The quantitative estimate of drug-likeness (QED) is 0.410. The molecule has 2 heterocycles. The van der Waals surface area contributed by atoms with Gasteiger partial charge >= 0.3 is 6.18 Å². The van der Waals surface area contributed by atoms with Gasteiger partial charge in [-0.25, -0.2) is 9.83 Å². The fourth-order valence-corrected chi connectivity index (χ4v) is 3.84. The van der Waals surface area contributed by atoms with Crippen LogP contribution in [0.1, 0.15) is 25.3 Å². The van der Waals surface area contributed by atoms with E-state index in [0.717, 1.165) is 18.2 Å². The zero-order valence-electron chi connectivity index (χ0n) is 16.7. The van der Waals surface area contributed by atoms with Crippen molar-refractivity contribution in [3.63, 3.8) is 0 Å². The van der Waals surface area contributed by atoms with E-state index in [2.05, 4.69) is 20.1 Å². The van der Waals surface area contributed by atoms with Crippen molar-refractivity contribution in [3.05, 3.63) is 53.4 Å². The van der Waals surface area contributed by atoms with Crippen LogP contribution in [0, 0.1) is 12.5 Å². The van der Waals surface area contributed by atoms with Gasteiger partial charge in [-0.2, -0.15) is 13.2 Å². The lowest BCUT2D eigenvalue weighted by Crippen LogP contribution is -2.47. The maximum Gasteiger partial charge on any atom is 0.416 e. The third-order valence-electron chi connectivity index (χ3n) is 5.42. The number of amides is 1. The highest BCUT2D eigenvalue weighted by atomic mass is 19.4. The van der Waals surface area contributed by atoms with E-state index in [-0.39, 0.29) is 41.3 Å². The second-order valence-electron chi connectivity index (χ2n) is 8.08. The van der Waals surface area contributed by atoms with E-state index < -0.39 is 34.9 Å². The number of hydrogen-bond acceptors (Lipinski definition) is 4. The molecule has 0 saturated heterocycles. The first-order valence-electron chi connectivity index (χ1n) is 9.63. The second kappa shape index (κ2) is 7.46. The molecular weight excluding hydrogens is 425 g/mol. The molecule has 2 aromatic heterocycles. The van der Waals surface area contributed by atoms with Crippen LogP contribution in [0.4, 0.5) is 24.7 Å². The van der Waals surface area contributed by atoms with Gasteiger partial charge in [0.1, 0.15) is 11.5 Å². The molecule has 1 aliphatic rings. The molecule has 1 amide bonds. The Balaban J connectivity index is 1.61. The first kappa shape index (κ1) is 21.5. The van der Waals surface area contributed by atoms with E-state index in [9.17, 15) is 27.9 Å². The third kappa shape index (κ3) is 4.07. The van der Waals surface area contributed by atoms with E-state index in [4.69, 9.17) is 6.57 Å². The van der Waals surface area contributed by atoms with Crippen molar-refractivity contribution in [1.29, 1.82) is 0 Å². The SMILES string of the molecule is [C-]#[N+]c1ccc(C(F)(F)F)c(-c2cc3ccc(NC(=O)C(=O)C4CC(C)(O)C4)nc3[nH]2)c1. The lowest BCUT2D eigenvalue weighted by atomic mass is 9.70. The Morgan fingerprint density at radius 1 is 1.25 bits per heavy atom. The smallest absolute Gasteiger partial charge is 0.390 e. The number of H-pyrrole nitrogens is 1. The number of aromatic nitrogens is 2. The zero-order chi connectivity index (χ0) is 23.3. The summed E-state index contributed by atoms with van der Waals surface area (Å²) in [6, 6.07) is 7.55. The van der Waals surface area contributed by atoms with Gasteiger partial charge in [0, 0.05) is 17.0 Å². The van der Waals surface area contributed by atoms with Gasteiger partial charge in [0.15, 0.2) is 5.69 Å². The van der Waals surface area contributed by atoms with E-state index in [1.54, 1.807) is 13.0 Å². The van der Waals surface area contributed by atoms with Crippen LogP contribution in [-0.4, -0.2) is 32.4 Å². The minimum absolute atomic E-state index is 0.0565. The fraction of sp³-hybridized carbons (Fsp3) is 0.273. The predicted molar refractivity (Wildman–Crippen MR) is 110 cm³/mol. The fourth-order valence-electron chi connectivity index (χ4n) is 3.84. The molecule has 164 valence electrons. The number of carbonyl (C=O) groups is 2. The Morgan fingerprint density at radius 2 is 1.97 bits per heavy atom. The Kier molecular flexibility index (Phi) is 5.02. The van der Waals surface area contributed by atoms with Gasteiger partial charge in [-0.3, -0.25) is 9.59 Å². The van der Waals surface area contributed by atoms with Gasteiger partial charge in [0.25, 0.3) is 5.91 Å². The second-order valence-corrected chi connectivity index (χ2v) is 8.08. The van der Waals surface area contributed by atoms with Gasteiger partial charge in [-0.05, 0) is 49.6 Å². The molecule has 0 bridgehead atoms. The number of aliphatic hydroxyl groups is 1. The molecule has 0 atom stereocenters. The summed E-state index contributed by atoms with van der Waals surface area (Å²) in [7, 11) is 0. The van der Waals surface area contributed by atoms with Gasteiger partial charge in [-0.1, -0.05) is 12.1 Å². The van der Waals surface area contributed by atoms with Crippen LogP contribution in [0.25, 0.3) is 27.1 Å². The number of fused-ring (bicyclic) bond motifs is 1. The molecule has 1 saturated carbocycles. The Morgan fingerprint density at radius 3 is 2.59 bits per heavy atom. The Bertz CT molecular complexity index is 1280. The van der Waals surface area contributed by atoms with Crippen LogP contribution in [-0.2, 0) is 15.8 Å². The molecular formula is C22H17F3N4O3. The van der Waals surface area contributed by atoms with Gasteiger partial charge < -0.3 is 15.4 Å². The molecule has 4 rings (SSSR count). The number of halogens is 3. The van der Waals surface area contributed by atoms with Crippen molar-refractivity contribution < 1.29 is 27.9 Å². The lowest BCUT2D eigenvalue weighted by Gasteiger charge is -2.39.